The lowest BCUT2D eigenvalue weighted by Crippen LogP contribution is -2.15. The molecule has 0 radical (unpaired) electrons. The zero-order chi connectivity index (χ0) is 16.6. The van der Waals surface area contributed by atoms with Crippen LogP contribution in [0.25, 0.3) is 21.9 Å². The number of benzene rings is 2. The third-order valence-corrected chi connectivity index (χ3v) is 4.87. The number of nitrogens with zero attached hydrogens (tertiary/aromatic N) is 2. The first-order chi connectivity index (χ1) is 11.6. The van der Waals surface area contributed by atoms with E-state index in [1.54, 1.807) is 36.5 Å². The molecule has 4 rings (SSSR count). The van der Waals surface area contributed by atoms with Crippen LogP contribution in [0.4, 0.5) is 5.69 Å². The first-order valence-corrected chi connectivity index (χ1v) is 8.95. The zero-order valence-electron chi connectivity index (χ0n) is 12.5. The van der Waals surface area contributed by atoms with Crippen molar-refractivity contribution in [2.45, 2.75) is 5.75 Å². The molecule has 0 aliphatic carbocycles. The van der Waals surface area contributed by atoms with Crippen LogP contribution in [0.15, 0.2) is 65.3 Å². The Morgan fingerprint density at radius 2 is 1.79 bits per heavy atom. The molecular formula is C17H13N3O3S. The van der Waals surface area contributed by atoms with Gasteiger partial charge in [-0.1, -0.05) is 23.4 Å². The molecule has 0 aliphatic rings. The number of sulfonamides is 1. The smallest absolute Gasteiger partial charge is 0.238 e. The van der Waals surface area contributed by atoms with Gasteiger partial charge in [0.25, 0.3) is 0 Å². The largest absolute Gasteiger partial charge is 0.356 e. The van der Waals surface area contributed by atoms with Gasteiger partial charge in [0.15, 0.2) is 5.58 Å². The predicted octanol–water partition coefficient (Wildman–Crippen LogP) is 3.32. The summed E-state index contributed by atoms with van der Waals surface area (Å²) in [5, 5.41) is 5.32. The quantitative estimate of drug-likeness (QED) is 0.616. The summed E-state index contributed by atoms with van der Waals surface area (Å²) in [6, 6.07) is 16.1. The van der Waals surface area contributed by atoms with E-state index in [0.29, 0.717) is 22.4 Å². The van der Waals surface area contributed by atoms with Crippen molar-refractivity contribution in [3.05, 3.63) is 66.5 Å². The van der Waals surface area contributed by atoms with Crippen molar-refractivity contribution >= 4 is 37.6 Å². The highest BCUT2D eigenvalue weighted by atomic mass is 32.2. The maximum atomic E-state index is 12.5. The van der Waals surface area contributed by atoms with Crippen LogP contribution in [-0.2, 0) is 15.8 Å². The second-order valence-corrected chi connectivity index (χ2v) is 7.08. The van der Waals surface area contributed by atoms with E-state index >= 15 is 0 Å². The molecule has 4 aromatic rings. The Labute approximate surface area is 138 Å². The van der Waals surface area contributed by atoms with E-state index < -0.39 is 10.0 Å². The van der Waals surface area contributed by atoms with Crippen LogP contribution in [-0.4, -0.2) is 18.6 Å². The predicted molar refractivity (Wildman–Crippen MR) is 92.0 cm³/mol. The second-order valence-electron chi connectivity index (χ2n) is 5.36. The highest BCUT2D eigenvalue weighted by Gasteiger charge is 2.18. The number of para-hydroxylation sites is 1. The minimum Gasteiger partial charge on any atom is -0.356 e. The lowest BCUT2D eigenvalue weighted by molar-refractivity contribution is 0.448. The Kier molecular flexibility index (Phi) is 3.42. The molecule has 0 amide bonds. The van der Waals surface area contributed by atoms with Gasteiger partial charge in [-0.25, -0.2) is 8.42 Å². The SMILES string of the molecule is O=S(=O)(Cc1noc2ccccc12)Nc1cccc2ncccc12. The molecule has 2 aromatic carbocycles. The standard InChI is InChI=1S/C17H13N3O3S/c21-24(22,11-16-13-5-1-2-9-17(13)23-19-16)20-15-8-3-7-14-12(15)6-4-10-18-14/h1-10,20H,11H2. The van der Waals surface area contributed by atoms with Crippen molar-refractivity contribution in [3.63, 3.8) is 0 Å². The van der Waals surface area contributed by atoms with Crippen molar-refractivity contribution in [1.29, 1.82) is 0 Å². The van der Waals surface area contributed by atoms with Crippen molar-refractivity contribution in [2.24, 2.45) is 0 Å². The Bertz CT molecular complexity index is 1130. The lowest BCUT2D eigenvalue weighted by Gasteiger charge is -2.09. The molecule has 7 heteroatoms. The molecule has 120 valence electrons. The molecule has 2 heterocycles. The van der Waals surface area contributed by atoms with Gasteiger partial charge in [0.1, 0.15) is 11.4 Å². The molecule has 6 nitrogen and oxygen atoms in total. The molecule has 24 heavy (non-hydrogen) atoms. The molecule has 1 N–H and O–H groups in total. The van der Waals surface area contributed by atoms with E-state index in [1.807, 2.05) is 24.3 Å². The van der Waals surface area contributed by atoms with E-state index in [1.165, 1.54) is 0 Å². The summed E-state index contributed by atoms with van der Waals surface area (Å²) in [7, 11) is -3.64. The molecule has 2 aromatic heterocycles. The molecule has 0 spiro atoms. The molecule has 0 atom stereocenters. The summed E-state index contributed by atoms with van der Waals surface area (Å²) in [4.78, 5) is 4.23. The number of aromatic nitrogens is 2. The number of anilines is 1. The summed E-state index contributed by atoms with van der Waals surface area (Å²) in [5.74, 6) is -0.263. The van der Waals surface area contributed by atoms with Crippen molar-refractivity contribution in [1.82, 2.24) is 10.1 Å². The topological polar surface area (TPSA) is 85.1 Å². The van der Waals surface area contributed by atoms with Crippen molar-refractivity contribution in [2.75, 3.05) is 4.72 Å². The van der Waals surface area contributed by atoms with Gasteiger partial charge in [-0.05, 0) is 36.4 Å². The van der Waals surface area contributed by atoms with Crippen LogP contribution in [0.2, 0.25) is 0 Å². The van der Waals surface area contributed by atoms with E-state index in [4.69, 9.17) is 4.52 Å². The van der Waals surface area contributed by atoms with Crippen molar-refractivity contribution < 1.29 is 12.9 Å². The van der Waals surface area contributed by atoms with Crippen molar-refractivity contribution in [3.8, 4) is 0 Å². The number of hydrogen-bond donors (Lipinski definition) is 1. The summed E-state index contributed by atoms with van der Waals surface area (Å²) < 4.78 is 32.9. The lowest BCUT2D eigenvalue weighted by atomic mass is 10.2. The fourth-order valence-electron chi connectivity index (χ4n) is 2.62. The second kappa shape index (κ2) is 5.61. The van der Waals surface area contributed by atoms with Gasteiger partial charge >= 0.3 is 0 Å². The van der Waals surface area contributed by atoms with Gasteiger partial charge in [-0.3, -0.25) is 9.71 Å². The molecular weight excluding hydrogens is 326 g/mol. The van der Waals surface area contributed by atoms with Gasteiger partial charge in [-0.2, -0.15) is 0 Å². The van der Waals surface area contributed by atoms with Crippen LogP contribution in [0.3, 0.4) is 0 Å². The molecule has 0 saturated carbocycles. The highest BCUT2D eigenvalue weighted by Crippen LogP contribution is 2.24. The fourth-order valence-corrected chi connectivity index (χ4v) is 3.77. The van der Waals surface area contributed by atoms with Crippen LogP contribution in [0.1, 0.15) is 5.69 Å². The summed E-state index contributed by atoms with van der Waals surface area (Å²) in [5.41, 5.74) is 2.17. The van der Waals surface area contributed by atoms with E-state index in [0.717, 1.165) is 10.9 Å². The molecule has 0 fully saturated rings. The number of hydrogen-bond acceptors (Lipinski definition) is 5. The summed E-state index contributed by atoms with van der Waals surface area (Å²) in [6.45, 7) is 0. The number of pyridine rings is 1. The third-order valence-electron chi connectivity index (χ3n) is 3.69. The number of nitrogens with one attached hydrogen (secondary N) is 1. The highest BCUT2D eigenvalue weighted by molar-refractivity contribution is 7.91. The van der Waals surface area contributed by atoms with Gasteiger partial charge in [0.05, 0.1) is 11.2 Å². The van der Waals surface area contributed by atoms with Gasteiger partial charge in [-0.15, -0.1) is 0 Å². The number of rotatable bonds is 4. The van der Waals surface area contributed by atoms with Crippen LogP contribution < -0.4 is 4.72 Å². The monoisotopic (exact) mass is 339 g/mol. The Morgan fingerprint density at radius 1 is 0.958 bits per heavy atom. The maximum absolute atomic E-state index is 12.5. The molecule has 0 aliphatic heterocycles. The van der Waals surface area contributed by atoms with E-state index in [9.17, 15) is 8.42 Å². The summed E-state index contributed by atoms with van der Waals surface area (Å²) in [6.07, 6.45) is 1.67. The Morgan fingerprint density at radius 3 is 2.71 bits per heavy atom. The first kappa shape index (κ1) is 14.6. The first-order valence-electron chi connectivity index (χ1n) is 7.30. The Hall–Kier alpha value is -2.93. The normalized spacial score (nSPS) is 11.8. The molecule has 0 unspecified atom stereocenters. The minimum atomic E-state index is -3.64. The van der Waals surface area contributed by atoms with Crippen LogP contribution in [0.5, 0.6) is 0 Å². The van der Waals surface area contributed by atoms with Crippen LogP contribution in [0, 0.1) is 0 Å². The summed E-state index contributed by atoms with van der Waals surface area (Å²) >= 11 is 0. The average Bonchev–Trinajstić information content (AvgIpc) is 2.97. The fraction of sp³-hybridized carbons (Fsp3) is 0.0588. The Balaban J connectivity index is 1.68. The van der Waals surface area contributed by atoms with E-state index in [2.05, 4.69) is 14.9 Å². The third kappa shape index (κ3) is 2.69. The van der Waals surface area contributed by atoms with Gasteiger partial charge in [0.2, 0.25) is 10.0 Å². The van der Waals surface area contributed by atoms with E-state index in [-0.39, 0.29) is 5.75 Å². The zero-order valence-corrected chi connectivity index (χ0v) is 13.3. The van der Waals surface area contributed by atoms with Gasteiger partial charge < -0.3 is 4.52 Å². The molecule has 0 bridgehead atoms. The average molecular weight is 339 g/mol. The maximum Gasteiger partial charge on any atom is 0.238 e. The van der Waals surface area contributed by atoms with Crippen LogP contribution >= 0.6 is 0 Å². The van der Waals surface area contributed by atoms with Gasteiger partial charge in [0, 0.05) is 17.0 Å². The minimum absolute atomic E-state index is 0.263. The molecule has 0 saturated heterocycles. The number of fused-ring (bicyclic) bond motifs is 2.